The highest BCUT2D eigenvalue weighted by molar-refractivity contribution is 6.03. The molecule has 0 aromatic heterocycles. The molecule has 0 saturated carbocycles. The van der Waals surface area contributed by atoms with Crippen LogP contribution >= 0.6 is 0 Å². The zero-order valence-electron chi connectivity index (χ0n) is 16.3. The monoisotopic (exact) mass is 384 g/mol. The van der Waals surface area contributed by atoms with Crippen molar-refractivity contribution in [3.8, 4) is 0 Å². The molecule has 0 N–H and O–H groups in total. The van der Waals surface area contributed by atoms with Gasteiger partial charge in [0.15, 0.2) is 5.79 Å². The van der Waals surface area contributed by atoms with Crippen LogP contribution in [0.25, 0.3) is 0 Å². The third-order valence-corrected chi connectivity index (χ3v) is 4.89. The molecule has 6 heteroatoms. The Hall–Kier alpha value is -2.70. The lowest BCUT2D eigenvalue weighted by molar-refractivity contribution is -0.149. The minimum absolute atomic E-state index is 0.198. The van der Waals surface area contributed by atoms with E-state index in [1.165, 1.54) is 14.2 Å². The minimum atomic E-state index is -0.698. The second-order valence-corrected chi connectivity index (χ2v) is 6.71. The van der Waals surface area contributed by atoms with Crippen LogP contribution in [0.1, 0.15) is 44.3 Å². The Morgan fingerprint density at radius 2 is 1.50 bits per heavy atom. The van der Waals surface area contributed by atoms with Crippen LogP contribution in [-0.4, -0.2) is 39.4 Å². The Morgan fingerprint density at radius 3 is 2.14 bits per heavy atom. The first-order valence-corrected chi connectivity index (χ1v) is 9.14. The third kappa shape index (κ3) is 4.24. The van der Waals surface area contributed by atoms with Crippen molar-refractivity contribution >= 4 is 11.9 Å². The summed E-state index contributed by atoms with van der Waals surface area (Å²) >= 11 is 0. The number of esters is 2. The molecule has 1 saturated heterocycles. The average molecular weight is 384 g/mol. The summed E-state index contributed by atoms with van der Waals surface area (Å²) in [6.07, 6.45) is 1.47. The second kappa shape index (κ2) is 8.54. The van der Waals surface area contributed by atoms with Gasteiger partial charge >= 0.3 is 11.9 Å². The molecule has 2 aromatic rings. The summed E-state index contributed by atoms with van der Waals surface area (Å²) in [6, 6.07) is 13.2. The van der Waals surface area contributed by atoms with Crippen molar-refractivity contribution < 1.29 is 28.5 Å². The maximum atomic E-state index is 12.1. The SMILES string of the molecule is COC(=O)c1ccc(CCc2cccc(C3(C)OCCO3)c2)cc1C(=O)OC. The molecule has 0 atom stereocenters. The van der Waals surface area contributed by atoms with Crippen LogP contribution in [-0.2, 0) is 37.6 Å². The van der Waals surface area contributed by atoms with E-state index in [0.29, 0.717) is 19.6 Å². The Kier molecular flexibility index (Phi) is 6.11. The van der Waals surface area contributed by atoms with E-state index in [2.05, 4.69) is 6.07 Å². The van der Waals surface area contributed by atoms with Crippen LogP contribution in [0.5, 0.6) is 0 Å². The first-order valence-electron chi connectivity index (χ1n) is 9.14. The largest absolute Gasteiger partial charge is 0.465 e. The van der Waals surface area contributed by atoms with Gasteiger partial charge in [0.2, 0.25) is 0 Å². The molecule has 0 aliphatic carbocycles. The molecule has 0 spiro atoms. The van der Waals surface area contributed by atoms with Crippen LogP contribution in [0.2, 0.25) is 0 Å². The highest BCUT2D eigenvalue weighted by Gasteiger charge is 2.33. The quantitative estimate of drug-likeness (QED) is 0.712. The predicted molar refractivity (Wildman–Crippen MR) is 102 cm³/mol. The molecule has 1 aliphatic heterocycles. The lowest BCUT2D eigenvalue weighted by atomic mass is 9.97. The lowest BCUT2D eigenvalue weighted by Gasteiger charge is -2.23. The maximum absolute atomic E-state index is 12.1. The number of hydrogen-bond donors (Lipinski definition) is 0. The minimum Gasteiger partial charge on any atom is -0.465 e. The van der Waals surface area contributed by atoms with Gasteiger partial charge in [0, 0.05) is 5.56 Å². The van der Waals surface area contributed by atoms with Crippen molar-refractivity contribution in [2.75, 3.05) is 27.4 Å². The third-order valence-electron chi connectivity index (χ3n) is 4.89. The number of ether oxygens (including phenoxy) is 4. The molecule has 6 nitrogen and oxygen atoms in total. The number of aryl methyl sites for hydroxylation is 2. The average Bonchev–Trinajstić information content (AvgIpc) is 3.19. The van der Waals surface area contributed by atoms with Gasteiger partial charge in [-0.15, -0.1) is 0 Å². The molecule has 0 bridgehead atoms. The molecule has 1 heterocycles. The highest BCUT2D eigenvalue weighted by atomic mass is 16.7. The molecular formula is C22H24O6. The topological polar surface area (TPSA) is 71.1 Å². The van der Waals surface area contributed by atoms with Gasteiger partial charge in [0.1, 0.15) is 0 Å². The molecular weight excluding hydrogens is 360 g/mol. The first kappa shape index (κ1) is 20.0. The van der Waals surface area contributed by atoms with Crippen LogP contribution in [0.15, 0.2) is 42.5 Å². The van der Waals surface area contributed by atoms with Gasteiger partial charge in [-0.3, -0.25) is 0 Å². The van der Waals surface area contributed by atoms with E-state index < -0.39 is 17.7 Å². The summed E-state index contributed by atoms with van der Waals surface area (Å²) in [4.78, 5) is 23.9. The van der Waals surface area contributed by atoms with Crippen LogP contribution < -0.4 is 0 Å². The number of methoxy groups -OCH3 is 2. The Bertz CT molecular complexity index is 867. The molecule has 1 aliphatic rings. The second-order valence-electron chi connectivity index (χ2n) is 6.71. The van der Waals surface area contributed by atoms with E-state index in [0.717, 1.165) is 23.1 Å². The van der Waals surface area contributed by atoms with E-state index in [1.807, 2.05) is 31.2 Å². The Balaban J connectivity index is 1.77. The van der Waals surface area contributed by atoms with Crippen LogP contribution in [0.3, 0.4) is 0 Å². The number of carbonyl (C=O) groups excluding carboxylic acids is 2. The summed E-state index contributed by atoms with van der Waals surface area (Å²) in [5.74, 6) is -1.83. The molecule has 2 aromatic carbocycles. The van der Waals surface area contributed by atoms with Gasteiger partial charge in [-0.25, -0.2) is 9.59 Å². The Labute approximate surface area is 164 Å². The standard InChI is InChI=1S/C22H24O6/c1-22(27-11-12-28-22)17-6-4-5-15(13-17)7-8-16-9-10-18(20(23)25-2)19(14-16)21(24)26-3/h4-6,9-10,13-14H,7-8,11-12H2,1-3H3. The molecule has 28 heavy (non-hydrogen) atoms. The van der Waals surface area contributed by atoms with E-state index in [9.17, 15) is 9.59 Å². The first-order chi connectivity index (χ1) is 13.5. The normalized spacial score (nSPS) is 15.2. The highest BCUT2D eigenvalue weighted by Crippen LogP contribution is 2.31. The van der Waals surface area contributed by atoms with Gasteiger partial charge in [-0.1, -0.05) is 30.3 Å². The fourth-order valence-electron chi connectivity index (χ4n) is 3.29. The smallest absolute Gasteiger partial charge is 0.338 e. The van der Waals surface area contributed by atoms with Crippen LogP contribution in [0.4, 0.5) is 0 Å². The molecule has 148 valence electrons. The van der Waals surface area contributed by atoms with Gasteiger partial charge in [0.25, 0.3) is 0 Å². The molecule has 0 amide bonds. The number of carbonyl (C=O) groups is 2. The van der Waals surface area contributed by atoms with E-state index in [4.69, 9.17) is 18.9 Å². The fraction of sp³-hybridized carbons (Fsp3) is 0.364. The summed E-state index contributed by atoms with van der Waals surface area (Å²) in [6.45, 7) is 3.10. The van der Waals surface area contributed by atoms with E-state index >= 15 is 0 Å². The molecule has 0 unspecified atom stereocenters. The van der Waals surface area contributed by atoms with Crippen molar-refractivity contribution in [1.82, 2.24) is 0 Å². The molecule has 0 radical (unpaired) electrons. The zero-order chi connectivity index (χ0) is 20.1. The predicted octanol–water partition coefficient (Wildman–Crippen LogP) is 3.26. The van der Waals surface area contributed by atoms with Crippen molar-refractivity contribution in [3.63, 3.8) is 0 Å². The summed E-state index contributed by atoms with van der Waals surface area (Å²) in [7, 11) is 2.57. The van der Waals surface area contributed by atoms with Crippen molar-refractivity contribution in [2.24, 2.45) is 0 Å². The van der Waals surface area contributed by atoms with E-state index in [-0.39, 0.29) is 11.1 Å². The lowest BCUT2D eigenvalue weighted by Crippen LogP contribution is -2.22. The summed E-state index contributed by atoms with van der Waals surface area (Å²) in [5, 5.41) is 0. The van der Waals surface area contributed by atoms with Gasteiger partial charge in [0.05, 0.1) is 38.6 Å². The van der Waals surface area contributed by atoms with E-state index in [1.54, 1.807) is 12.1 Å². The van der Waals surface area contributed by atoms with Crippen molar-refractivity contribution in [2.45, 2.75) is 25.6 Å². The van der Waals surface area contributed by atoms with Crippen molar-refractivity contribution in [3.05, 3.63) is 70.3 Å². The fourth-order valence-corrected chi connectivity index (χ4v) is 3.29. The maximum Gasteiger partial charge on any atom is 0.338 e. The van der Waals surface area contributed by atoms with Crippen molar-refractivity contribution in [1.29, 1.82) is 0 Å². The number of benzene rings is 2. The number of hydrogen-bond acceptors (Lipinski definition) is 6. The molecule has 1 fully saturated rings. The van der Waals surface area contributed by atoms with Gasteiger partial charge < -0.3 is 18.9 Å². The molecule has 3 rings (SSSR count). The summed E-state index contributed by atoms with van der Waals surface area (Å²) < 4.78 is 21.0. The summed E-state index contributed by atoms with van der Waals surface area (Å²) in [5.41, 5.74) is 3.45. The Morgan fingerprint density at radius 1 is 0.893 bits per heavy atom. The van der Waals surface area contributed by atoms with Gasteiger partial charge in [-0.2, -0.15) is 0 Å². The number of rotatable bonds is 6. The zero-order valence-corrected chi connectivity index (χ0v) is 16.3. The van der Waals surface area contributed by atoms with Gasteiger partial charge in [-0.05, 0) is 43.0 Å². The van der Waals surface area contributed by atoms with Crippen LogP contribution in [0, 0.1) is 0 Å².